The summed E-state index contributed by atoms with van der Waals surface area (Å²) in [6.07, 6.45) is -4.98. The predicted octanol–water partition coefficient (Wildman–Crippen LogP) is 4.59. The van der Waals surface area contributed by atoms with Crippen LogP contribution < -0.4 is 10.1 Å². The SMILES string of the molecule is C[C@H](NC[C@@]1(C)COc2c1cc(C(=O)C(F)(F)F)nc2Br)c1ccccc1. The number of fused-ring (bicyclic) bond motifs is 1. The van der Waals surface area contributed by atoms with Crippen LogP contribution in [0.2, 0.25) is 0 Å². The zero-order chi connectivity index (χ0) is 19.8. The molecule has 2 aromatic rings. The summed E-state index contributed by atoms with van der Waals surface area (Å²) in [5.41, 5.74) is 0.402. The van der Waals surface area contributed by atoms with E-state index in [4.69, 9.17) is 4.74 Å². The molecule has 8 heteroatoms. The van der Waals surface area contributed by atoms with Crippen LogP contribution in [0.4, 0.5) is 13.2 Å². The number of ketones is 1. The van der Waals surface area contributed by atoms with Gasteiger partial charge in [-0.1, -0.05) is 37.3 Å². The number of nitrogens with zero attached hydrogens (tertiary/aromatic N) is 1. The fraction of sp³-hybridized carbons (Fsp3) is 0.368. The van der Waals surface area contributed by atoms with Gasteiger partial charge in [-0.3, -0.25) is 4.79 Å². The number of halogens is 4. The van der Waals surface area contributed by atoms with E-state index < -0.39 is 23.1 Å². The third-order valence-electron chi connectivity index (χ3n) is 4.71. The second-order valence-corrected chi connectivity index (χ2v) is 7.62. The van der Waals surface area contributed by atoms with Gasteiger partial charge in [0.25, 0.3) is 5.78 Å². The van der Waals surface area contributed by atoms with Crippen molar-refractivity contribution in [3.8, 4) is 5.75 Å². The maximum atomic E-state index is 12.8. The average molecular weight is 443 g/mol. The molecular weight excluding hydrogens is 425 g/mol. The Bertz CT molecular complexity index is 858. The number of hydrogen-bond donors (Lipinski definition) is 1. The molecule has 0 unspecified atom stereocenters. The lowest BCUT2D eigenvalue weighted by atomic mass is 9.84. The van der Waals surface area contributed by atoms with Crippen molar-refractivity contribution >= 4 is 21.7 Å². The molecule has 0 fully saturated rings. The van der Waals surface area contributed by atoms with Crippen LogP contribution in [-0.4, -0.2) is 30.1 Å². The number of nitrogens with one attached hydrogen (secondary N) is 1. The van der Waals surface area contributed by atoms with Crippen LogP contribution in [0.3, 0.4) is 0 Å². The molecule has 0 aliphatic carbocycles. The first kappa shape index (κ1) is 19.8. The monoisotopic (exact) mass is 442 g/mol. The quantitative estimate of drug-likeness (QED) is 0.543. The lowest BCUT2D eigenvalue weighted by molar-refractivity contribution is -0.0888. The van der Waals surface area contributed by atoms with Crippen LogP contribution >= 0.6 is 15.9 Å². The Labute approximate surface area is 163 Å². The number of hydrogen-bond acceptors (Lipinski definition) is 4. The number of carbonyl (C=O) groups excluding carboxylic acids is 1. The lowest BCUT2D eigenvalue weighted by Crippen LogP contribution is -2.38. The van der Waals surface area contributed by atoms with E-state index in [0.29, 0.717) is 17.9 Å². The molecule has 0 saturated heterocycles. The molecule has 144 valence electrons. The van der Waals surface area contributed by atoms with Crippen molar-refractivity contribution in [3.63, 3.8) is 0 Å². The summed E-state index contributed by atoms with van der Waals surface area (Å²) in [6.45, 7) is 4.64. The second kappa shape index (κ2) is 7.24. The van der Waals surface area contributed by atoms with Crippen LogP contribution in [0, 0.1) is 0 Å². The topological polar surface area (TPSA) is 51.2 Å². The van der Waals surface area contributed by atoms with Gasteiger partial charge in [0.1, 0.15) is 10.3 Å². The summed E-state index contributed by atoms with van der Waals surface area (Å²) in [5, 5.41) is 3.40. The summed E-state index contributed by atoms with van der Waals surface area (Å²) in [6, 6.07) is 11.1. The van der Waals surface area contributed by atoms with Gasteiger partial charge in [0.2, 0.25) is 0 Å². The van der Waals surface area contributed by atoms with Crippen molar-refractivity contribution in [3.05, 3.63) is 57.8 Å². The Kier molecular flexibility index (Phi) is 5.31. The molecule has 0 amide bonds. The van der Waals surface area contributed by atoms with Gasteiger partial charge in [0.15, 0.2) is 5.75 Å². The summed E-state index contributed by atoms with van der Waals surface area (Å²) >= 11 is 3.13. The van der Waals surface area contributed by atoms with Crippen LogP contribution in [0.15, 0.2) is 41.0 Å². The van der Waals surface area contributed by atoms with Crippen molar-refractivity contribution in [2.75, 3.05) is 13.2 Å². The highest BCUT2D eigenvalue weighted by atomic mass is 79.9. The highest BCUT2D eigenvalue weighted by molar-refractivity contribution is 9.10. The molecule has 0 spiro atoms. The van der Waals surface area contributed by atoms with E-state index in [1.807, 2.05) is 44.2 Å². The maximum absolute atomic E-state index is 12.8. The number of pyridine rings is 1. The molecule has 0 saturated carbocycles. The van der Waals surface area contributed by atoms with Crippen LogP contribution in [0.1, 0.15) is 41.5 Å². The number of rotatable bonds is 5. The molecule has 1 N–H and O–H groups in total. The summed E-state index contributed by atoms with van der Waals surface area (Å²) < 4.78 is 44.2. The number of Topliss-reactive ketones (excluding diaryl/α,β-unsaturated/α-hetero) is 1. The molecule has 1 aromatic heterocycles. The molecule has 27 heavy (non-hydrogen) atoms. The summed E-state index contributed by atoms with van der Waals surface area (Å²) in [4.78, 5) is 15.3. The van der Waals surface area contributed by atoms with E-state index >= 15 is 0 Å². The van der Waals surface area contributed by atoms with Crippen molar-refractivity contribution in [2.24, 2.45) is 0 Å². The minimum absolute atomic E-state index is 0.0497. The summed E-state index contributed by atoms with van der Waals surface area (Å²) in [7, 11) is 0. The van der Waals surface area contributed by atoms with Crippen LogP contribution in [0.25, 0.3) is 0 Å². The van der Waals surface area contributed by atoms with Crippen molar-refractivity contribution in [1.29, 1.82) is 0 Å². The zero-order valence-electron chi connectivity index (χ0n) is 14.7. The highest BCUT2D eigenvalue weighted by Gasteiger charge is 2.44. The van der Waals surface area contributed by atoms with E-state index in [0.717, 1.165) is 5.56 Å². The molecule has 1 aliphatic heterocycles. The van der Waals surface area contributed by atoms with Crippen molar-refractivity contribution in [2.45, 2.75) is 31.5 Å². The minimum Gasteiger partial charge on any atom is -0.489 e. The Morgan fingerprint density at radius 3 is 2.67 bits per heavy atom. The fourth-order valence-electron chi connectivity index (χ4n) is 3.04. The van der Waals surface area contributed by atoms with Crippen LogP contribution in [-0.2, 0) is 5.41 Å². The Morgan fingerprint density at radius 2 is 2.04 bits per heavy atom. The van der Waals surface area contributed by atoms with Gasteiger partial charge in [-0.05, 0) is 34.5 Å². The molecule has 2 atom stereocenters. The van der Waals surface area contributed by atoms with Gasteiger partial charge in [-0.15, -0.1) is 0 Å². The largest absolute Gasteiger partial charge is 0.489 e. The first-order valence-electron chi connectivity index (χ1n) is 8.35. The third kappa shape index (κ3) is 4.01. The zero-order valence-corrected chi connectivity index (χ0v) is 16.3. The number of benzene rings is 1. The first-order chi connectivity index (χ1) is 12.6. The van der Waals surface area contributed by atoms with Crippen molar-refractivity contribution < 1.29 is 22.7 Å². The van der Waals surface area contributed by atoms with E-state index in [9.17, 15) is 18.0 Å². The van der Waals surface area contributed by atoms with Gasteiger partial charge in [0.05, 0.1) is 6.61 Å². The molecule has 0 radical (unpaired) electrons. The van der Waals surface area contributed by atoms with Gasteiger partial charge >= 0.3 is 6.18 Å². The molecule has 2 heterocycles. The standard InChI is InChI=1S/C19H18BrF3N2O2/c1-11(12-6-4-3-5-7-12)24-9-18(2)10-27-15-13(18)8-14(25-17(15)20)16(26)19(21,22)23/h3-8,11,24H,9-10H2,1-2H3/t11-,18-/m0/s1. The molecule has 1 aliphatic rings. The van der Waals surface area contributed by atoms with E-state index in [1.54, 1.807) is 0 Å². The van der Waals surface area contributed by atoms with Crippen LogP contribution in [0.5, 0.6) is 5.75 Å². The normalized spacial score (nSPS) is 20.1. The first-order valence-corrected chi connectivity index (χ1v) is 9.15. The smallest absolute Gasteiger partial charge is 0.456 e. The Balaban J connectivity index is 1.85. The highest BCUT2D eigenvalue weighted by Crippen LogP contribution is 2.43. The molecule has 0 bridgehead atoms. The summed E-state index contributed by atoms with van der Waals surface area (Å²) in [5.74, 6) is -1.59. The second-order valence-electron chi connectivity index (χ2n) is 6.86. The third-order valence-corrected chi connectivity index (χ3v) is 5.24. The minimum atomic E-state index is -4.98. The van der Waals surface area contributed by atoms with Gasteiger partial charge in [-0.25, -0.2) is 4.98 Å². The van der Waals surface area contributed by atoms with E-state index in [1.165, 1.54) is 6.07 Å². The lowest BCUT2D eigenvalue weighted by Gasteiger charge is -2.26. The predicted molar refractivity (Wildman–Crippen MR) is 98.0 cm³/mol. The van der Waals surface area contributed by atoms with Crippen molar-refractivity contribution in [1.82, 2.24) is 10.3 Å². The van der Waals surface area contributed by atoms with E-state index in [-0.39, 0.29) is 17.3 Å². The molecule has 4 nitrogen and oxygen atoms in total. The molecule has 1 aromatic carbocycles. The Morgan fingerprint density at radius 1 is 1.37 bits per heavy atom. The van der Waals surface area contributed by atoms with Gasteiger partial charge in [0, 0.05) is 23.6 Å². The molecular formula is C19H18BrF3N2O2. The van der Waals surface area contributed by atoms with Gasteiger partial charge < -0.3 is 10.1 Å². The number of carbonyl (C=O) groups is 1. The number of alkyl halides is 3. The Hall–Kier alpha value is -1.93. The number of ether oxygens (including phenoxy) is 1. The van der Waals surface area contributed by atoms with Gasteiger partial charge in [-0.2, -0.15) is 13.2 Å². The maximum Gasteiger partial charge on any atom is 0.456 e. The van der Waals surface area contributed by atoms with E-state index in [2.05, 4.69) is 26.2 Å². The number of aromatic nitrogens is 1. The fourth-order valence-corrected chi connectivity index (χ4v) is 3.56. The average Bonchev–Trinajstić information content (AvgIpc) is 2.97. The molecule has 3 rings (SSSR count).